The lowest BCUT2D eigenvalue weighted by molar-refractivity contribution is 0.154. The van der Waals surface area contributed by atoms with E-state index in [2.05, 4.69) is 24.2 Å². The maximum Gasteiger partial charge on any atom is 0.317 e. The average Bonchev–Trinajstić information content (AvgIpc) is 2.70. The van der Waals surface area contributed by atoms with Crippen LogP contribution >= 0.6 is 0 Å². The van der Waals surface area contributed by atoms with Crippen molar-refractivity contribution in [3.05, 3.63) is 0 Å². The van der Waals surface area contributed by atoms with Gasteiger partial charge in [-0.3, -0.25) is 0 Å². The fraction of sp³-hybridized carbons (Fsp3) is 0.958. The van der Waals surface area contributed by atoms with Gasteiger partial charge in [0.25, 0.3) is 0 Å². The Morgan fingerprint density at radius 1 is 0.643 bits per heavy atom. The molecule has 2 amide bonds. The molecule has 1 aliphatic heterocycles. The van der Waals surface area contributed by atoms with Gasteiger partial charge in [-0.25, -0.2) is 4.79 Å². The van der Waals surface area contributed by atoms with Gasteiger partial charge in [-0.1, -0.05) is 103 Å². The minimum Gasteiger partial charge on any atom is -0.338 e. The number of carbonyl (C=O) groups is 1. The number of amides is 2. The predicted octanol–water partition coefficient (Wildman–Crippen LogP) is 6.20. The zero-order valence-corrected chi connectivity index (χ0v) is 19.2. The SMILES string of the molecule is CCCCCCCCCCCCCCCCCCNC(=O)N1CCN(C)CC1. The average molecular weight is 396 g/mol. The second-order valence-corrected chi connectivity index (χ2v) is 8.83. The number of urea groups is 1. The molecule has 0 aromatic rings. The molecule has 1 fully saturated rings. The van der Waals surface area contributed by atoms with Crippen LogP contribution in [0.1, 0.15) is 110 Å². The third-order valence-electron chi connectivity index (χ3n) is 6.10. The summed E-state index contributed by atoms with van der Waals surface area (Å²) in [5.41, 5.74) is 0. The van der Waals surface area contributed by atoms with Crippen molar-refractivity contribution >= 4 is 6.03 Å². The molecule has 166 valence electrons. The van der Waals surface area contributed by atoms with E-state index in [1.807, 2.05) is 4.90 Å². The molecule has 0 atom stereocenters. The van der Waals surface area contributed by atoms with E-state index < -0.39 is 0 Å². The van der Waals surface area contributed by atoms with Gasteiger partial charge in [-0.2, -0.15) is 0 Å². The molecule has 0 bridgehead atoms. The minimum atomic E-state index is 0.133. The van der Waals surface area contributed by atoms with Gasteiger partial charge < -0.3 is 15.1 Å². The minimum absolute atomic E-state index is 0.133. The number of rotatable bonds is 17. The number of hydrogen-bond donors (Lipinski definition) is 1. The number of hydrogen-bond acceptors (Lipinski definition) is 2. The van der Waals surface area contributed by atoms with Crippen LogP contribution in [0.2, 0.25) is 0 Å². The highest BCUT2D eigenvalue weighted by Gasteiger charge is 2.17. The maximum absolute atomic E-state index is 12.1. The van der Waals surface area contributed by atoms with Crippen LogP contribution in [0.5, 0.6) is 0 Å². The highest BCUT2D eigenvalue weighted by atomic mass is 16.2. The maximum atomic E-state index is 12.1. The fourth-order valence-corrected chi connectivity index (χ4v) is 3.99. The largest absolute Gasteiger partial charge is 0.338 e. The molecule has 0 spiro atoms. The molecule has 0 radical (unpaired) electrons. The van der Waals surface area contributed by atoms with Crippen LogP contribution in [0.4, 0.5) is 4.79 Å². The molecule has 28 heavy (non-hydrogen) atoms. The van der Waals surface area contributed by atoms with Gasteiger partial charge in [0.05, 0.1) is 0 Å². The van der Waals surface area contributed by atoms with E-state index in [9.17, 15) is 4.79 Å². The third-order valence-corrected chi connectivity index (χ3v) is 6.10. The van der Waals surface area contributed by atoms with Gasteiger partial charge >= 0.3 is 6.03 Å². The van der Waals surface area contributed by atoms with Crippen molar-refractivity contribution in [2.24, 2.45) is 0 Å². The molecule has 0 aromatic carbocycles. The second kappa shape index (κ2) is 18.3. The normalized spacial score (nSPS) is 15.1. The number of nitrogens with one attached hydrogen (secondary N) is 1. The highest BCUT2D eigenvalue weighted by Crippen LogP contribution is 2.13. The highest BCUT2D eigenvalue weighted by molar-refractivity contribution is 5.74. The third kappa shape index (κ3) is 14.3. The molecular formula is C24H49N3O. The molecule has 4 nitrogen and oxygen atoms in total. The first-order valence-corrected chi connectivity index (χ1v) is 12.5. The summed E-state index contributed by atoms with van der Waals surface area (Å²) in [6, 6.07) is 0.133. The smallest absolute Gasteiger partial charge is 0.317 e. The van der Waals surface area contributed by atoms with Crippen LogP contribution in [0.3, 0.4) is 0 Å². The van der Waals surface area contributed by atoms with E-state index in [4.69, 9.17) is 0 Å². The Bertz CT molecular complexity index is 354. The van der Waals surface area contributed by atoms with E-state index in [0.717, 1.165) is 39.1 Å². The van der Waals surface area contributed by atoms with Crippen molar-refractivity contribution in [1.82, 2.24) is 15.1 Å². The van der Waals surface area contributed by atoms with Crippen LogP contribution < -0.4 is 5.32 Å². The van der Waals surface area contributed by atoms with Gasteiger partial charge in [0.1, 0.15) is 0 Å². The first-order valence-electron chi connectivity index (χ1n) is 12.5. The van der Waals surface area contributed by atoms with Crippen LogP contribution in [-0.4, -0.2) is 55.6 Å². The summed E-state index contributed by atoms with van der Waals surface area (Å²) >= 11 is 0. The van der Waals surface area contributed by atoms with Crippen LogP contribution in [0.25, 0.3) is 0 Å². The Hall–Kier alpha value is -0.770. The van der Waals surface area contributed by atoms with Crippen molar-refractivity contribution < 1.29 is 4.79 Å². The van der Waals surface area contributed by atoms with E-state index in [0.29, 0.717) is 0 Å². The Morgan fingerprint density at radius 2 is 1.04 bits per heavy atom. The summed E-state index contributed by atoms with van der Waals surface area (Å²) in [4.78, 5) is 16.3. The summed E-state index contributed by atoms with van der Waals surface area (Å²) in [5, 5.41) is 3.09. The van der Waals surface area contributed by atoms with E-state index >= 15 is 0 Å². The monoisotopic (exact) mass is 395 g/mol. The van der Waals surface area contributed by atoms with Crippen LogP contribution in [0, 0.1) is 0 Å². The molecule has 0 aliphatic carbocycles. The van der Waals surface area contributed by atoms with E-state index in [-0.39, 0.29) is 6.03 Å². The molecule has 1 N–H and O–H groups in total. The van der Waals surface area contributed by atoms with Crippen molar-refractivity contribution in [2.45, 2.75) is 110 Å². The van der Waals surface area contributed by atoms with Crippen molar-refractivity contribution in [3.63, 3.8) is 0 Å². The molecule has 1 saturated heterocycles. The first-order chi connectivity index (χ1) is 13.7. The standard InChI is InChI=1S/C24H49N3O/c1-3-4-5-6-7-8-9-10-11-12-13-14-15-16-17-18-19-25-24(28)27-22-20-26(2)21-23-27/h3-23H2,1-2H3,(H,25,28). The summed E-state index contributed by atoms with van der Waals surface area (Å²) < 4.78 is 0. The fourth-order valence-electron chi connectivity index (χ4n) is 3.99. The summed E-state index contributed by atoms with van der Waals surface area (Å²) in [5.74, 6) is 0. The van der Waals surface area contributed by atoms with Crippen molar-refractivity contribution in [3.8, 4) is 0 Å². The number of unbranched alkanes of at least 4 members (excludes halogenated alkanes) is 15. The Labute approximate surface area is 175 Å². The Morgan fingerprint density at radius 3 is 1.46 bits per heavy atom. The van der Waals surface area contributed by atoms with Crippen LogP contribution in [0.15, 0.2) is 0 Å². The van der Waals surface area contributed by atoms with Crippen molar-refractivity contribution in [1.29, 1.82) is 0 Å². The Balaban J connectivity index is 1.73. The number of piperazine rings is 1. The number of likely N-dealkylation sites (N-methyl/N-ethyl adjacent to an activating group) is 1. The quantitative estimate of drug-likeness (QED) is 0.297. The van der Waals surface area contributed by atoms with E-state index in [1.165, 1.54) is 96.3 Å². The number of nitrogens with zero attached hydrogens (tertiary/aromatic N) is 2. The predicted molar refractivity (Wildman–Crippen MR) is 122 cm³/mol. The molecule has 1 rings (SSSR count). The van der Waals surface area contributed by atoms with Crippen LogP contribution in [-0.2, 0) is 0 Å². The molecular weight excluding hydrogens is 346 g/mol. The first kappa shape index (κ1) is 25.3. The molecule has 0 saturated carbocycles. The molecule has 1 heterocycles. The summed E-state index contributed by atoms with van der Waals surface area (Å²) in [6.07, 6.45) is 22.2. The molecule has 1 aliphatic rings. The lowest BCUT2D eigenvalue weighted by Crippen LogP contribution is -2.50. The lowest BCUT2D eigenvalue weighted by atomic mass is 10.0. The van der Waals surface area contributed by atoms with Gasteiger partial charge in [-0.05, 0) is 13.5 Å². The molecule has 0 aromatic heterocycles. The molecule has 0 unspecified atom stereocenters. The lowest BCUT2D eigenvalue weighted by Gasteiger charge is -2.32. The van der Waals surface area contributed by atoms with Gasteiger partial charge in [0.15, 0.2) is 0 Å². The van der Waals surface area contributed by atoms with Gasteiger partial charge in [0.2, 0.25) is 0 Å². The zero-order chi connectivity index (χ0) is 20.3. The van der Waals surface area contributed by atoms with Gasteiger partial charge in [-0.15, -0.1) is 0 Å². The molecule has 4 heteroatoms. The number of carbonyl (C=O) groups excluding carboxylic acids is 1. The summed E-state index contributed by atoms with van der Waals surface area (Å²) in [6.45, 7) is 6.83. The Kier molecular flexibility index (Phi) is 16.5. The zero-order valence-electron chi connectivity index (χ0n) is 19.2. The second-order valence-electron chi connectivity index (χ2n) is 8.83. The van der Waals surface area contributed by atoms with Gasteiger partial charge in [0, 0.05) is 32.7 Å². The topological polar surface area (TPSA) is 35.6 Å². The van der Waals surface area contributed by atoms with Crippen molar-refractivity contribution in [2.75, 3.05) is 39.8 Å². The summed E-state index contributed by atoms with van der Waals surface area (Å²) in [7, 11) is 2.12. The van der Waals surface area contributed by atoms with E-state index in [1.54, 1.807) is 0 Å².